The third-order valence-electron chi connectivity index (χ3n) is 4.48. The van der Waals surface area contributed by atoms with Gasteiger partial charge in [0.1, 0.15) is 0 Å². The third kappa shape index (κ3) is 5.78. The van der Waals surface area contributed by atoms with E-state index in [9.17, 15) is 0 Å². The zero-order valence-electron chi connectivity index (χ0n) is 16.2. The summed E-state index contributed by atoms with van der Waals surface area (Å²) in [6, 6.07) is 39.6. The molecule has 0 N–H and O–H groups in total. The molecule has 0 spiro atoms. The molecule has 0 aliphatic rings. The van der Waals surface area contributed by atoms with E-state index in [4.69, 9.17) is 32.8 Å². The van der Waals surface area contributed by atoms with Crippen molar-refractivity contribution in [3.63, 3.8) is 0 Å². The SMILES string of the molecule is Clc1ccc(N=P(c2ccccc2)(c2ccccc2)c2ccccc2)cc1.[Cl][Hg][Cl]. The van der Waals surface area contributed by atoms with Crippen molar-refractivity contribution < 1.29 is 22.1 Å². The van der Waals surface area contributed by atoms with E-state index in [0.717, 1.165) is 10.7 Å². The number of hydrogen-bond acceptors (Lipinski definition) is 1. The first-order chi connectivity index (χ1) is 14.7. The van der Waals surface area contributed by atoms with Gasteiger partial charge in [0.25, 0.3) is 0 Å². The quantitative estimate of drug-likeness (QED) is 0.159. The van der Waals surface area contributed by atoms with Gasteiger partial charge in [-0.1, -0.05) is 103 Å². The Bertz CT molecular complexity index is 986. The average Bonchev–Trinajstić information content (AvgIpc) is 2.81. The van der Waals surface area contributed by atoms with Crippen LogP contribution in [0.5, 0.6) is 0 Å². The van der Waals surface area contributed by atoms with Crippen LogP contribution in [-0.4, -0.2) is 0 Å². The Morgan fingerprint density at radius 2 is 0.867 bits per heavy atom. The number of nitrogens with zero attached hydrogens (tertiary/aromatic N) is 1. The summed E-state index contributed by atoms with van der Waals surface area (Å²) in [6.45, 7) is 0. The first kappa shape index (κ1) is 23.6. The van der Waals surface area contributed by atoms with Crippen LogP contribution >= 0.6 is 35.2 Å². The van der Waals surface area contributed by atoms with Crippen LogP contribution < -0.4 is 15.9 Å². The second-order valence-electron chi connectivity index (χ2n) is 6.32. The van der Waals surface area contributed by atoms with Crippen LogP contribution in [0.25, 0.3) is 0 Å². The summed E-state index contributed by atoms with van der Waals surface area (Å²) >= 11 is 4.96. The topological polar surface area (TPSA) is 12.4 Å². The molecule has 0 aromatic heterocycles. The Morgan fingerprint density at radius 1 is 0.533 bits per heavy atom. The van der Waals surface area contributed by atoms with E-state index in [1.165, 1.54) is 15.9 Å². The molecule has 0 fully saturated rings. The van der Waals surface area contributed by atoms with E-state index in [-0.39, 0.29) is 0 Å². The summed E-state index contributed by atoms with van der Waals surface area (Å²) in [4.78, 5) is 0. The maximum absolute atomic E-state index is 6.10. The Hall–Kier alpha value is -1.08. The van der Waals surface area contributed by atoms with Gasteiger partial charge in [0.15, 0.2) is 0 Å². The van der Waals surface area contributed by atoms with Crippen molar-refractivity contribution in [1.29, 1.82) is 0 Å². The minimum absolute atomic E-state index is 0.719. The first-order valence-electron chi connectivity index (χ1n) is 9.37. The predicted octanol–water partition coefficient (Wildman–Crippen LogP) is 7.53. The molecule has 0 aliphatic heterocycles. The molecule has 4 aromatic rings. The number of halogens is 3. The normalized spacial score (nSPS) is 10.4. The molecule has 148 valence electrons. The van der Waals surface area contributed by atoms with Crippen LogP contribution in [0.15, 0.2) is 120 Å². The van der Waals surface area contributed by atoms with Crippen molar-refractivity contribution in [3.05, 3.63) is 120 Å². The van der Waals surface area contributed by atoms with Gasteiger partial charge in [-0.2, -0.15) is 0 Å². The van der Waals surface area contributed by atoms with Gasteiger partial charge >= 0.3 is 38.6 Å². The number of benzene rings is 4. The van der Waals surface area contributed by atoms with Crippen molar-refractivity contribution >= 4 is 56.8 Å². The Morgan fingerprint density at radius 3 is 1.20 bits per heavy atom. The molecule has 4 aromatic carbocycles. The van der Waals surface area contributed by atoms with Crippen molar-refractivity contribution in [1.82, 2.24) is 0 Å². The van der Waals surface area contributed by atoms with Crippen molar-refractivity contribution in [2.45, 2.75) is 0 Å². The molecule has 30 heavy (non-hydrogen) atoms. The van der Waals surface area contributed by atoms with E-state index >= 15 is 0 Å². The fourth-order valence-corrected chi connectivity index (χ4v) is 6.89. The molecule has 0 heterocycles. The van der Waals surface area contributed by atoms with Crippen LogP contribution in [-0.2, 0) is 22.1 Å². The Kier molecular flexibility index (Phi) is 9.49. The molecular formula is C24H19Cl3HgNP. The summed E-state index contributed by atoms with van der Waals surface area (Å²) in [5.41, 5.74) is 0.935. The van der Waals surface area contributed by atoms with Crippen LogP contribution in [0.4, 0.5) is 5.69 Å². The van der Waals surface area contributed by atoms with E-state index < -0.39 is 29.2 Å². The van der Waals surface area contributed by atoms with Crippen molar-refractivity contribution in [2.24, 2.45) is 4.74 Å². The minimum atomic E-state index is -2.21. The summed E-state index contributed by atoms with van der Waals surface area (Å²) in [5, 5.41) is 4.42. The zero-order chi connectivity index (χ0) is 21.2. The van der Waals surface area contributed by atoms with Crippen molar-refractivity contribution in [2.75, 3.05) is 0 Å². The van der Waals surface area contributed by atoms with Gasteiger partial charge in [-0.3, -0.25) is 4.74 Å². The molecule has 0 unspecified atom stereocenters. The molecule has 0 saturated carbocycles. The second kappa shape index (κ2) is 12.1. The second-order valence-corrected chi connectivity index (χ2v) is 17.7. The fraction of sp³-hybridized carbons (Fsp3) is 0. The van der Waals surface area contributed by atoms with Gasteiger partial charge in [-0.15, -0.1) is 0 Å². The van der Waals surface area contributed by atoms with Crippen molar-refractivity contribution in [3.8, 4) is 0 Å². The van der Waals surface area contributed by atoms with E-state index in [1.54, 1.807) is 0 Å². The standard InChI is InChI=1S/C24H19ClNP.2ClH.Hg/c25-20-16-18-21(19-17-20)26-27(22-10-4-1-5-11-22,23-12-6-2-7-13-23)24-14-8-3-9-15-24;;;/h1-19H;2*1H;/q;;;+2/p-2. The van der Waals surface area contributed by atoms with Gasteiger partial charge < -0.3 is 0 Å². The van der Waals surface area contributed by atoms with Gasteiger partial charge in [0, 0.05) is 20.9 Å². The summed E-state index contributed by atoms with van der Waals surface area (Å²) in [5.74, 6) is 0. The van der Waals surface area contributed by atoms with Gasteiger partial charge in [0.2, 0.25) is 0 Å². The molecule has 0 radical (unpaired) electrons. The molecule has 0 saturated heterocycles. The van der Waals surface area contributed by atoms with E-state index in [0.29, 0.717) is 0 Å². The summed E-state index contributed by atoms with van der Waals surface area (Å²) in [7, 11) is 7.76. The van der Waals surface area contributed by atoms with Crippen LogP contribution in [0.1, 0.15) is 0 Å². The number of hydrogen-bond donors (Lipinski definition) is 0. The van der Waals surface area contributed by atoms with Gasteiger partial charge in [0.05, 0.1) is 12.7 Å². The third-order valence-corrected chi connectivity index (χ3v) is 8.40. The van der Waals surface area contributed by atoms with Gasteiger partial charge in [-0.05, 0) is 24.3 Å². The number of rotatable bonds is 4. The molecule has 4 rings (SSSR count). The zero-order valence-corrected chi connectivity index (χ0v) is 24.9. The average molecular weight is 659 g/mol. The van der Waals surface area contributed by atoms with Crippen LogP contribution in [0, 0.1) is 0 Å². The first-order valence-corrected chi connectivity index (χ1v) is 25.0. The van der Waals surface area contributed by atoms with Crippen LogP contribution in [0.2, 0.25) is 5.02 Å². The molecule has 0 bridgehead atoms. The Labute approximate surface area is 202 Å². The fourth-order valence-electron chi connectivity index (χ4n) is 3.23. The van der Waals surface area contributed by atoms with Crippen LogP contribution in [0.3, 0.4) is 0 Å². The molecule has 0 aliphatic carbocycles. The van der Waals surface area contributed by atoms with Gasteiger partial charge in [-0.25, -0.2) is 0 Å². The van der Waals surface area contributed by atoms with E-state index in [2.05, 4.69) is 91.0 Å². The molecule has 0 atom stereocenters. The van der Waals surface area contributed by atoms with E-state index in [1.807, 2.05) is 24.3 Å². The monoisotopic (exact) mass is 659 g/mol. The Balaban J connectivity index is 0.000000806. The predicted molar refractivity (Wildman–Crippen MR) is 130 cm³/mol. The molecule has 0 amide bonds. The molecule has 6 heteroatoms. The summed E-state index contributed by atoms with van der Waals surface area (Å²) in [6.07, 6.45) is 0. The maximum atomic E-state index is 6.10. The molecular weight excluding hydrogens is 640 g/mol. The summed E-state index contributed by atoms with van der Waals surface area (Å²) < 4.78 is 5.39. The molecule has 1 nitrogen and oxygen atoms in total.